The first kappa shape index (κ1) is 18.3. The van der Waals surface area contributed by atoms with E-state index in [1.165, 1.54) is 0 Å². The third kappa shape index (κ3) is 5.01. The van der Waals surface area contributed by atoms with Crippen LogP contribution >= 0.6 is 22.9 Å². The summed E-state index contributed by atoms with van der Waals surface area (Å²) in [5, 5.41) is 6.74. The number of nitrogens with one attached hydrogen (secondary N) is 1. The van der Waals surface area contributed by atoms with Gasteiger partial charge in [-0.15, -0.1) is 11.3 Å². The number of aromatic nitrogens is 1. The average molecular weight is 380 g/mol. The number of thiazole rings is 1. The molecule has 1 aliphatic heterocycles. The van der Waals surface area contributed by atoms with Crippen molar-refractivity contribution < 1.29 is 9.53 Å². The molecule has 0 aliphatic carbocycles. The van der Waals surface area contributed by atoms with E-state index in [1.807, 2.05) is 31.2 Å². The van der Waals surface area contributed by atoms with Crippen LogP contribution in [0, 0.1) is 6.92 Å². The maximum atomic E-state index is 12.2. The molecule has 2 heterocycles. The number of rotatable bonds is 6. The van der Waals surface area contributed by atoms with Crippen LogP contribution in [0.15, 0.2) is 29.6 Å². The fourth-order valence-corrected chi connectivity index (χ4v) is 3.94. The summed E-state index contributed by atoms with van der Waals surface area (Å²) in [4.78, 5) is 19.1. The lowest BCUT2D eigenvalue weighted by atomic mass is 10.2. The molecule has 1 aromatic heterocycles. The fourth-order valence-electron chi connectivity index (χ4n) is 2.83. The van der Waals surface area contributed by atoms with Gasteiger partial charge in [-0.25, -0.2) is 4.98 Å². The van der Waals surface area contributed by atoms with Crippen LogP contribution in [-0.2, 0) is 16.1 Å². The van der Waals surface area contributed by atoms with Gasteiger partial charge in [-0.2, -0.15) is 0 Å². The molecule has 2 aromatic rings. The van der Waals surface area contributed by atoms with E-state index in [2.05, 4.69) is 20.6 Å². The Labute approximate surface area is 157 Å². The maximum Gasteiger partial charge on any atom is 0.221 e. The number of ether oxygens (including phenoxy) is 1. The third-order valence-electron chi connectivity index (χ3n) is 4.22. The topological polar surface area (TPSA) is 54.5 Å². The number of morpholine rings is 1. The van der Waals surface area contributed by atoms with Crippen molar-refractivity contribution in [3.63, 3.8) is 0 Å². The normalized spacial score (nSPS) is 18.2. The molecule has 0 radical (unpaired) electrons. The lowest BCUT2D eigenvalue weighted by Gasteiger charge is -2.34. The monoisotopic (exact) mass is 379 g/mol. The van der Waals surface area contributed by atoms with Gasteiger partial charge in [-0.1, -0.05) is 29.8 Å². The molecule has 134 valence electrons. The number of carbonyl (C=O) groups is 1. The summed E-state index contributed by atoms with van der Waals surface area (Å²) in [5.41, 5.74) is 1.96. The molecular weight excluding hydrogens is 358 g/mol. The minimum Gasteiger partial charge on any atom is -0.378 e. The van der Waals surface area contributed by atoms with Gasteiger partial charge in [0, 0.05) is 42.2 Å². The van der Waals surface area contributed by atoms with E-state index in [9.17, 15) is 4.79 Å². The summed E-state index contributed by atoms with van der Waals surface area (Å²) in [6.45, 7) is 5.30. The van der Waals surface area contributed by atoms with Gasteiger partial charge in [0.15, 0.2) is 0 Å². The zero-order valence-electron chi connectivity index (χ0n) is 14.2. The van der Waals surface area contributed by atoms with E-state index in [4.69, 9.17) is 16.3 Å². The van der Waals surface area contributed by atoms with Crippen LogP contribution in [0.1, 0.15) is 28.7 Å². The Hall–Kier alpha value is -1.47. The second-order valence-corrected chi connectivity index (χ2v) is 7.37. The van der Waals surface area contributed by atoms with Gasteiger partial charge in [0.05, 0.1) is 19.3 Å². The highest BCUT2D eigenvalue weighted by Crippen LogP contribution is 2.27. The molecule has 1 unspecified atom stereocenters. The molecule has 1 amide bonds. The zero-order chi connectivity index (χ0) is 17.6. The quantitative estimate of drug-likeness (QED) is 0.837. The number of amides is 1. The van der Waals surface area contributed by atoms with Crippen molar-refractivity contribution in [2.24, 2.45) is 0 Å². The van der Waals surface area contributed by atoms with Gasteiger partial charge in [0.25, 0.3) is 0 Å². The maximum absolute atomic E-state index is 12.2. The number of halogens is 1. The van der Waals surface area contributed by atoms with Crippen LogP contribution in [-0.4, -0.2) is 42.1 Å². The number of hydrogen-bond donors (Lipinski definition) is 1. The van der Waals surface area contributed by atoms with Crippen LogP contribution < -0.4 is 5.32 Å². The SMILES string of the molecule is Cc1csc(C2COCCN2CCC(=O)NCc2ccccc2Cl)n1. The Bertz CT molecular complexity index is 722. The lowest BCUT2D eigenvalue weighted by Crippen LogP contribution is -2.41. The van der Waals surface area contributed by atoms with E-state index in [-0.39, 0.29) is 11.9 Å². The highest BCUT2D eigenvalue weighted by Gasteiger charge is 2.27. The van der Waals surface area contributed by atoms with Crippen LogP contribution in [0.3, 0.4) is 0 Å². The molecule has 1 aliphatic rings. The molecule has 1 fully saturated rings. The van der Waals surface area contributed by atoms with Crippen molar-refractivity contribution in [3.05, 3.63) is 50.9 Å². The standard InChI is InChI=1S/C18H22ClN3O2S/c1-13-12-25-18(21-13)16-11-24-9-8-22(16)7-6-17(23)20-10-14-4-2-3-5-15(14)19/h2-5,12,16H,6-11H2,1H3,(H,20,23). The summed E-state index contributed by atoms with van der Waals surface area (Å²) >= 11 is 7.77. The van der Waals surface area contributed by atoms with E-state index < -0.39 is 0 Å². The van der Waals surface area contributed by atoms with E-state index in [1.54, 1.807) is 11.3 Å². The van der Waals surface area contributed by atoms with Gasteiger partial charge < -0.3 is 10.1 Å². The first-order valence-electron chi connectivity index (χ1n) is 8.37. The molecule has 1 aromatic carbocycles. The molecule has 0 spiro atoms. The zero-order valence-corrected chi connectivity index (χ0v) is 15.8. The van der Waals surface area contributed by atoms with E-state index in [0.717, 1.165) is 22.8 Å². The summed E-state index contributed by atoms with van der Waals surface area (Å²) in [6, 6.07) is 7.70. The number of hydrogen-bond acceptors (Lipinski definition) is 5. The second kappa shape index (κ2) is 8.76. The Kier molecular flexibility index (Phi) is 6.42. The highest BCUT2D eigenvalue weighted by molar-refractivity contribution is 7.09. The number of nitrogens with zero attached hydrogens (tertiary/aromatic N) is 2. The van der Waals surface area contributed by atoms with E-state index in [0.29, 0.717) is 37.7 Å². The summed E-state index contributed by atoms with van der Waals surface area (Å²) in [6.07, 6.45) is 0.450. The number of carbonyl (C=O) groups excluding carboxylic acids is 1. The minimum atomic E-state index is 0.0282. The minimum absolute atomic E-state index is 0.0282. The first-order chi connectivity index (χ1) is 12.1. The second-order valence-electron chi connectivity index (χ2n) is 6.07. The van der Waals surface area contributed by atoms with Gasteiger partial charge >= 0.3 is 0 Å². The van der Waals surface area contributed by atoms with Crippen molar-refractivity contribution >= 4 is 28.8 Å². The third-order valence-corrected chi connectivity index (χ3v) is 5.65. The van der Waals surface area contributed by atoms with Gasteiger partial charge in [0.1, 0.15) is 5.01 Å². The molecule has 0 bridgehead atoms. The summed E-state index contributed by atoms with van der Waals surface area (Å²) in [7, 11) is 0. The molecule has 5 nitrogen and oxygen atoms in total. The number of aryl methyl sites for hydroxylation is 1. The molecule has 0 saturated carbocycles. The molecular formula is C18H22ClN3O2S. The van der Waals surface area contributed by atoms with Gasteiger partial charge in [-0.05, 0) is 18.6 Å². The van der Waals surface area contributed by atoms with Crippen LogP contribution in [0.25, 0.3) is 0 Å². The predicted molar refractivity (Wildman–Crippen MR) is 99.9 cm³/mol. The lowest BCUT2D eigenvalue weighted by molar-refractivity contribution is -0.122. The Morgan fingerprint density at radius 3 is 3.08 bits per heavy atom. The first-order valence-corrected chi connectivity index (χ1v) is 9.63. The molecule has 3 rings (SSSR count). The largest absolute Gasteiger partial charge is 0.378 e. The molecule has 1 atom stereocenters. The van der Waals surface area contributed by atoms with Crippen molar-refractivity contribution in [3.8, 4) is 0 Å². The Morgan fingerprint density at radius 1 is 1.48 bits per heavy atom. The van der Waals surface area contributed by atoms with Crippen molar-refractivity contribution in [1.29, 1.82) is 0 Å². The fraction of sp³-hybridized carbons (Fsp3) is 0.444. The van der Waals surface area contributed by atoms with Crippen LogP contribution in [0.2, 0.25) is 5.02 Å². The van der Waals surface area contributed by atoms with Crippen molar-refractivity contribution in [2.45, 2.75) is 25.9 Å². The molecule has 25 heavy (non-hydrogen) atoms. The average Bonchev–Trinajstić information content (AvgIpc) is 3.06. The van der Waals surface area contributed by atoms with Crippen LogP contribution in [0.5, 0.6) is 0 Å². The molecule has 1 saturated heterocycles. The summed E-state index contributed by atoms with van der Waals surface area (Å²) < 4.78 is 5.61. The van der Waals surface area contributed by atoms with Crippen LogP contribution in [0.4, 0.5) is 0 Å². The van der Waals surface area contributed by atoms with Gasteiger partial charge in [-0.3, -0.25) is 9.69 Å². The summed E-state index contributed by atoms with van der Waals surface area (Å²) in [5.74, 6) is 0.0282. The molecule has 1 N–H and O–H groups in total. The molecule has 7 heteroatoms. The van der Waals surface area contributed by atoms with Crippen molar-refractivity contribution in [2.75, 3.05) is 26.3 Å². The van der Waals surface area contributed by atoms with E-state index >= 15 is 0 Å². The smallest absolute Gasteiger partial charge is 0.221 e. The highest BCUT2D eigenvalue weighted by atomic mass is 35.5. The van der Waals surface area contributed by atoms with Gasteiger partial charge in [0.2, 0.25) is 5.91 Å². The Morgan fingerprint density at radius 2 is 2.32 bits per heavy atom. The van der Waals surface area contributed by atoms with Crippen molar-refractivity contribution in [1.82, 2.24) is 15.2 Å². The number of benzene rings is 1. The Balaban J connectivity index is 1.51. The predicted octanol–water partition coefficient (Wildman–Crippen LogP) is 3.18.